The molecule has 1 aromatic carbocycles. The Bertz CT molecular complexity index is 447. The van der Waals surface area contributed by atoms with E-state index in [-0.39, 0.29) is 0 Å². The fraction of sp³-hybridized carbons (Fsp3) is 0.200. The van der Waals surface area contributed by atoms with Crippen LogP contribution in [0, 0.1) is 6.92 Å². The Morgan fingerprint density at radius 3 is 2.50 bits per heavy atom. The lowest BCUT2D eigenvalue weighted by atomic mass is 10.2. The van der Waals surface area contributed by atoms with Crippen molar-refractivity contribution in [2.24, 2.45) is 0 Å². The Labute approximate surface area is 96.8 Å². The van der Waals surface area contributed by atoms with Crippen LogP contribution in [0.1, 0.15) is 18.9 Å². The van der Waals surface area contributed by atoms with Gasteiger partial charge >= 0.3 is 0 Å². The van der Waals surface area contributed by atoms with Crippen LogP contribution in [0.3, 0.4) is 0 Å². The predicted octanol–water partition coefficient (Wildman–Crippen LogP) is 4.16. The van der Waals surface area contributed by atoms with Crippen LogP contribution in [0.2, 0.25) is 0 Å². The first kappa shape index (κ1) is 10.7. The molecule has 0 atom stereocenters. The number of allylic oxidation sites excluding steroid dienone is 5. The van der Waals surface area contributed by atoms with Gasteiger partial charge in [-0.3, -0.25) is 0 Å². The lowest BCUT2D eigenvalue weighted by Gasteiger charge is -2.07. The number of rotatable bonds is 2. The summed E-state index contributed by atoms with van der Waals surface area (Å²) < 4.78 is 5.80. The molecule has 0 saturated carbocycles. The SMILES string of the molecule is CC1=CC=C(Oc2ccc(C)cc2)CC=C1. The number of hydrogen-bond acceptors (Lipinski definition) is 1. The third-order valence-corrected chi connectivity index (χ3v) is 2.50. The van der Waals surface area contributed by atoms with Crippen molar-refractivity contribution in [2.45, 2.75) is 20.3 Å². The topological polar surface area (TPSA) is 9.23 Å². The molecule has 0 saturated heterocycles. The first-order valence-corrected chi connectivity index (χ1v) is 5.52. The summed E-state index contributed by atoms with van der Waals surface area (Å²) in [5.74, 6) is 1.88. The zero-order valence-corrected chi connectivity index (χ0v) is 9.73. The number of benzene rings is 1. The molecule has 82 valence electrons. The fourth-order valence-corrected chi connectivity index (χ4v) is 1.54. The molecule has 0 aromatic heterocycles. The molecule has 0 heterocycles. The third kappa shape index (κ3) is 2.86. The molecule has 0 spiro atoms. The van der Waals surface area contributed by atoms with Crippen molar-refractivity contribution in [3.8, 4) is 5.75 Å². The maximum atomic E-state index is 5.80. The largest absolute Gasteiger partial charge is 0.461 e. The number of aryl methyl sites for hydroxylation is 1. The highest BCUT2D eigenvalue weighted by molar-refractivity contribution is 5.32. The normalized spacial score (nSPS) is 15.1. The van der Waals surface area contributed by atoms with Gasteiger partial charge in [-0.25, -0.2) is 0 Å². The summed E-state index contributed by atoms with van der Waals surface area (Å²) in [4.78, 5) is 0. The van der Waals surface area contributed by atoms with Gasteiger partial charge in [-0.2, -0.15) is 0 Å². The van der Waals surface area contributed by atoms with Crippen LogP contribution in [0.4, 0.5) is 0 Å². The molecule has 1 aromatic rings. The Morgan fingerprint density at radius 1 is 1.00 bits per heavy atom. The monoisotopic (exact) mass is 212 g/mol. The van der Waals surface area contributed by atoms with Crippen molar-refractivity contribution in [2.75, 3.05) is 0 Å². The van der Waals surface area contributed by atoms with E-state index in [2.05, 4.69) is 44.2 Å². The number of hydrogen-bond donors (Lipinski definition) is 0. The molecule has 0 radical (unpaired) electrons. The molecule has 0 fully saturated rings. The van der Waals surface area contributed by atoms with Gasteiger partial charge in [-0.05, 0) is 32.1 Å². The highest BCUT2D eigenvalue weighted by atomic mass is 16.5. The van der Waals surface area contributed by atoms with E-state index in [1.54, 1.807) is 0 Å². The molecule has 1 nitrogen and oxygen atoms in total. The molecule has 0 unspecified atom stereocenters. The molecule has 16 heavy (non-hydrogen) atoms. The maximum absolute atomic E-state index is 5.80. The minimum atomic E-state index is 0.849. The van der Waals surface area contributed by atoms with Crippen molar-refractivity contribution in [3.63, 3.8) is 0 Å². The van der Waals surface area contributed by atoms with Crippen LogP contribution < -0.4 is 4.74 Å². The third-order valence-electron chi connectivity index (χ3n) is 2.50. The van der Waals surface area contributed by atoms with E-state index < -0.39 is 0 Å². The summed E-state index contributed by atoms with van der Waals surface area (Å²) in [6.07, 6.45) is 9.20. The van der Waals surface area contributed by atoms with Gasteiger partial charge < -0.3 is 4.74 Å². The van der Waals surface area contributed by atoms with E-state index in [9.17, 15) is 0 Å². The minimum absolute atomic E-state index is 0.849. The van der Waals surface area contributed by atoms with Crippen molar-refractivity contribution in [3.05, 3.63) is 65.5 Å². The van der Waals surface area contributed by atoms with Gasteiger partial charge in [0, 0.05) is 6.42 Å². The van der Waals surface area contributed by atoms with Crippen LogP contribution >= 0.6 is 0 Å². The average Bonchev–Trinajstić information content (AvgIpc) is 2.47. The van der Waals surface area contributed by atoms with E-state index in [0.29, 0.717) is 0 Å². The zero-order chi connectivity index (χ0) is 11.4. The summed E-state index contributed by atoms with van der Waals surface area (Å²) in [5, 5.41) is 0. The van der Waals surface area contributed by atoms with E-state index >= 15 is 0 Å². The summed E-state index contributed by atoms with van der Waals surface area (Å²) >= 11 is 0. The highest BCUT2D eigenvalue weighted by Crippen LogP contribution is 2.18. The van der Waals surface area contributed by atoms with Crippen molar-refractivity contribution in [1.29, 1.82) is 0 Å². The van der Waals surface area contributed by atoms with Gasteiger partial charge in [-0.1, -0.05) is 41.5 Å². The van der Waals surface area contributed by atoms with Crippen LogP contribution in [0.15, 0.2) is 59.9 Å². The second-order valence-electron chi connectivity index (χ2n) is 4.07. The van der Waals surface area contributed by atoms with E-state index in [1.165, 1.54) is 11.1 Å². The van der Waals surface area contributed by atoms with Crippen LogP contribution in [-0.4, -0.2) is 0 Å². The molecule has 0 aliphatic heterocycles. The van der Waals surface area contributed by atoms with Crippen LogP contribution in [-0.2, 0) is 0 Å². The molecule has 0 amide bonds. The summed E-state index contributed by atoms with van der Waals surface area (Å²) in [6, 6.07) is 8.12. The number of ether oxygens (including phenoxy) is 1. The van der Waals surface area contributed by atoms with Crippen molar-refractivity contribution in [1.82, 2.24) is 0 Å². The van der Waals surface area contributed by atoms with Crippen molar-refractivity contribution >= 4 is 0 Å². The van der Waals surface area contributed by atoms with Gasteiger partial charge in [-0.15, -0.1) is 0 Å². The van der Waals surface area contributed by atoms with E-state index in [4.69, 9.17) is 4.74 Å². The smallest absolute Gasteiger partial charge is 0.126 e. The lowest BCUT2D eigenvalue weighted by Crippen LogP contribution is -1.93. The molecular weight excluding hydrogens is 196 g/mol. The Balaban J connectivity index is 2.10. The molecule has 1 aliphatic carbocycles. The Hall–Kier alpha value is -1.76. The van der Waals surface area contributed by atoms with Crippen molar-refractivity contribution < 1.29 is 4.74 Å². The fourth-order valence-electron chi connectivity index (χ4n) is 1.54. The summed E-state index contributed by atoms with van der Waals surface area (Å²) in [7, 11) is 0. The van der Waals surface area contributed by atoms with E-state index in [0.717, 1.165) is 17.9 Å². The van der Waals surface area contributed by atoms with E-state index in [1.807, 2.05) is 18.2 Å². The van der Waals surface area contributed by atoms with Gasteiger partial charge in [0.25, 0.3) is 0 Å². The Morgan fingerprint density at radius 2 is 1.75 bits per heavy atom. The quantitative estimate of drug-likeness (QED) is 0.715. The first-order valence-electron chi connectivity index (χ1n) is 5.52. The molecule has 0 bridgehead atoms. The predicted molar refractivity (Wildman–Crippen MR) is 67.4 cm³/mol. The van der Waals surface area contributed by atoms with Gasteiger partial charge in [0.1, 0.15) is 11.5 Å². The second-order valence-corrected chi connectivity index (χ2v) is 4.07. The van der Waals surface area contributed by atoms with Gasteiger partial charge in [0.05, 0.1) is 0 Å². The highest BCUT2D eigenvalue weighted by Gasteiger charge is 2.00. The van der Waals surface area contributed by atoms with Crippen LogP contribution in [0.5, 0.6) is 5.75 Å². The van der Waals surface area contributed by atoms with Gasteiger partial charge in [0.15, 0.2) is 0 Å². The first-order chi connectivity index (χ1) is 7.74. The average molecular weight is 212 g/mol. The second kappa shape index (κ2) is 4.84. The lowest BCUT2D eigenvalue weighted by molar-refractivity contribution is 0.416. The standard InChI is InChI=1S/C15H16O/c1-12-4-3-5-14(9-6-12)16-15-10-7-13(2)8-11-15/h3-4,6-11H,5H2,1-2H3. The summed E-state index contributed by atoms with van der Waals surface area (Å²) in [5.41, 5.74) is 2.50. The minimum Gasteiger partial charge on any atom is -0.461 e. The molecular formula is C15H16O. The maximum Gasteiger partial charge on any atom is 0.126 e. The molecule has 2 rings (SSSR count). The van der Waals surface area contributed by atoms with Gasteiger partial charge in [0.2, 0.25) is 0 Å². The molecule has 1 heteroatoms. The summed E-state index contributed by atoms with van der Waals surface area (Å²) in [6.45, 7) is 4.16. The molecule has 1 aliphatic rings. The zero-order valence-electron chi connectivity index (χ0n) is 9.73. The Kier molecular flexibility index (Phi) is 3.25. The van der Waals surface area contributed by atoms with Crippen LogP contribution in [0.25, 0.3) is 0 Å². The molecule has 0 N–H and O–H groups in total.